The second-order valence-electron chi connectivity index (χ2n) is 4.42. The lowest BCUT2D eigenvalue weighted by atomic mass is 10.3. The minimum atomic E-state index is -0.400. The predicted molar refractivity (Wildman–Crippen MR) is 68.6 cm³/mol. The first kappa shape index (κ1) is 15.2. The fourth-order valence-electron chi connectivity index (χ4n) is 1.71. The third kappa shape index (κ3) is 4.80. The van der Waals surface area contributed by atoms with Gasteiger partial charge in [-0.25, -0.2) is 0 Å². The van der Waals surface area contributed by atoms with Crippen LogP contribution in [0.1, 0.15) is 12.8 Å². The van der Waals surface area contributed by atoms with E-state index in [1.54, 1.807) is 0 Å². The SMILES string of the molecule is Cl.O=C(NCCNC(=O)C1CNCCO1)C1CC1. The molecule has 0 spiro atoms. The Bertz CT molecular complexity index is 291. The van der Waals surface area contributed by atoms with Crippen molar-refractivity contribution in [3.05, 3.63) is 0 Å². The van der Waals surface area contributed by atoms with Gasteiger partial charge in [-0.2, -0.15) is 0 Å². The van der Waals surface area contributed by atoms with Crippen LogP contribution in [0.3, 0.4) is 0 Å². The first-order chi connectivity index (χ1) is 8.27. The summed E-state index contributed by atoms with van der Waals surface area (Å²) in [4.78, 5) is 22.9. The number of hydrogen-bond acceptors (Lipinski definition) is 4. The van der Waals surface area contributed by atoms with Gasteiger partial charge in [-0.3, -0.25) is 9.59 Å². The zero-order valence-corrected chi connectivity index (χ0v) is 11.1. The highest BCUT2D eigenvalue weighted by Gasteiger charge is 2.29. The van der Waals surface area contributed by atoms with Gasteiger partial charge in [0, 0.05) is 32.1 Å². The molecule has 2 amide bonds. The highest BCUT2D eigenvalue weighted by atomic mass is 35.5. The molecule has 1 unspecified atom stereocenters. The lowest BCUT2D eigenvalue weighted by molar-refractivity contribution is -0.134. The van der Waals surface area contributed by atoms with Crippen molar-refractivity contribution in [1.82, 2.24) is 16.0 Å². The van der Waals surface area contributed by atoms with Crippen LogP contribution in [-0.2, 0) is 14.3 Å². The normalized spacial score (nSPS) is 22.8. The molecule has 18 heavy (non-hydrogen) atoms. The summed E-state index contributed by atoms with van der Waals surface area (Å²) in [5.41, 5.74) is 0. The number of morpholine rings is 1. The molecule has 1 atom stereocenters. The maximum Gasteiger partial charge on any atom is 0.250 e. The highest BCUT2D eigenvalue weighted by molar-refractivity contribution is 5.85. The molecule has 0 bridgehead atoms. The Morgan fingerprint density at radius 3 is 2.39 bits per heavy atom. The third-order valence-electron chi connectivity index (χ3n) is 2.89. The van der Waals surface area contributed by atoms with Crippen molar-refractivity contribution in [1.29, 1.82) is 0 Å². The molecule has 1 saturated carbocycles. The molecule has 2 aliphatic rings. The predicted octanol–water partition coefficient (Wildman–Crippen LogP) is -0.961. The Hall–Kier alpha value is -0.850. The van der Waals surface area contributed by atoms with Crippen LogP contribution in [0, 0.1) is 5.92 Å². The van der Waals surface area contributed by atoms with Gasteiger partial charge in [0.2, 0.25) is 5.91 Å². The van der Waals surface area contributed by atoms with Gasteiger partial charge in [0.05, 0.1) is 6.61 Å². The number of carbonyl (C=O) groups is 2. The van der Waals surface area contributed by atoms with E-state index in [0.717, 1.165) is 19.4 Å². The van der Waals surface area contributed by atoms with Gasteiger partial charge < -0.3 is 20.7 Å². The monoisotopic (exact) mass is 277 g/mol. The summed E-state index contributed by atoms with van der Waals surface area (Å²) in [7, 11) is 0. The van der Waals surface area contributed by atoms with Crippen molar-refractivity contribution in [3.8, 4) is 0 Å². The first-order valence-electron chi connectivity index (χ1n) is 6.15. The van der Waals surface area contributed by atoms with Crippen LogP contribution in [-0.4, -0.2) is 50.7 Å². The molecule has 104 valence electrons. The third-order valence-corrected chi connectivity index (χ3v) is 2.89. The average Bonchev–Trinajstić information content (AvgIpc) is 3.19. The Morgan fingerprint density at radius 1 is 1.17 bits per heavy atom. The Morgan fingerprint density at radius 2 is 1.83 bits per heavy atom. The molecule has 7 heteroatoms. The molecule has 0 aromatic carbocycles. The van der Waals surface area contributed by atoms with Gasteiger partial charge in [0.15, 0.2) is 0 Å². The largest absolute Gasteiger partial charge is 0.366 e. The number of nitrogens with one attached hydrogen (secondary N) is 3. The van der Waals surface area contributed by atoms with E-state index in [-0.39, 0.29) is 30.1 Å². The van der Waals surface area contributed by atoms with Gasteiger partial charge in [-0.05, 0) is 12.8 Å². The van der Waals surface area contributed by atoms with Crippen molar-refractivity contribution < 1.29 is 14.3 Å². The van der Waals surface area contributed by atoms with Gasteiger partial charge in [0.1, 0.15) is 6.10 Å². The van der Waals surface area contributed by atoms with E-state index in [0.29, 0.717) is 26.2 Å². The van der Waals surface area contributed by atoms with Gasteiger partial charge in [-0.15, -0.1) is 12.4 Å². The van der Waals surface area contributed by atoms with Crippen LogP contribution >= 0.6 is 12.4 Å². The van der Waals surface area contributed by atoms with E-state index in [1.807, 2.05) is 0 Å². The van der Waals surface area contributed by atoms with E-state index in [2.05, 4.69) is 16.0 Å². The fraction of sp³-hybridized carbons (Fsp3) is 0.818. The fourth-order valence-corrected chi connectivity index (χ4v) is 1.71. The number of carbonyl (C=O) groups excluding carboxylic acids is 2. The number of ether oxygens (including phenoxy) is 1. The van der Waals surface area contributed by atoms with Crippen molar-refractivity contribution in [2.24, 2.45) is 5.92 Å². The van der Waals surface area contributed by atoms with Gasteiger partial charge in [0.25, 0.3) is 5.91 Å². The molecule has 0 aromatic rings. The Kier molecular flexibility index (Phi) is 6.38. The Labute approximate surface area is 113 Å². The standard InChI is InChI=1S/C11H19N3O3.ClH/c15-10(8-1-2-8)13-3-4-14-11(16)9-7-12-5-6-17-9;/h8-9,12H,1-7H2,(H,13,15)(H,14,16);1H. The second kappa shape index (κ2) is 7.56. The van der Waals surface area contributed by atoms with Crippen LogP contribution in [0.2, 0.25) is 0 Å². The molecule has 1 saturated heterocycles. The summed E-state index contributed by atoms with van der Waals surface area (Å²) < 4.78 is 5.30. The molecule has 3 N–H and O–H groups in total. The van der Waals surface area contributed by atoms with Crippen molar-refractivity contribution in [2.75, 3.05) is 32.8 Å². The summed E-state index contributed by atoms with van der Waals surface area (Å²) in [6.07, 6.45) is 1.60. The quantitative estimate of drug-likeness (QED) is 0.566. The molecular formula is C11H20ClN3O3. The average molecular weight is 278 g/mol. The zero-order valence-electron chi connectivity index (χ0n) is 10.2. The second-order valence-corrected chi connectivity index (χ2v) is 4.42. The summed E-state index contributed by atoms with van der Waals surface area (Å²) in [5, 5.41) is 8.63. The van der Waals surface area contributed by atoms with E-state index in [9.17, 15) is 9.59 Å². The number of rotatable bonds is 5. The maximum absolute atomic E-state index is 11.6. The number of halogens is 1. The molecule has 6 nitrogen and oxygen atoms in total. The van der Waals surface area contributed by atoms with E-state index >= 15 is 0 Å². The molecule has 0 aromatic heterocycles. The maximum atomic E-state index is 11.6. The summed E-state index contributed by atoms with van der Waals surface area (Å²) in [6.45, 7) is 2.86. The lowest BCUT2D eigenvalue weighted by Gasteiger charge is -2.22. The summed E-state index contributed by atoms with van der Waals surface area (Å²) >= 11 is 0. The van der Waals surface area contributed by atoms with Crippen LogP contribution < -0.4 is 16.0 Å². The molecule has 1 aliphatic heterocycles. The minimum absolute atomic E-state index is 0. The number of hydrogen-bond donors (Lipinski definition) is 3. The number of amides is 2. The van der Waals surface area contributed by atoms with E-state index in [4.69, 9.17) is 4.74 Å². The van der Waals surface area contributed by atoms with Crippen LogP contribution in [0.15, 0.2) is 0 Å². The smallest absolute Gasteiger partial charge is 0.250 e. The molecule has 1 aliphatic carbocycles. The van der Waals surface area contributed by atoms with Gasteiger partial charge >= 0.3 is 0 Å². The molecular weight excluding hydrogens is 258 g/mol. The minimum Gasteiger partial charge on any atom is -0.366 e. The molecule has 0 radical (unpaired) electrons. The first-order valence-corrected chi connectivity index (χ1v) is 6.15. The highest BCUT2D eigenvalue weighted by Crippen LogP contribution is 2.28. The van der Waals surface area contributed by atoms with Crippen LogP contribution in [0.4, 0.5) is 0 Å². The van der Waals surface area contributed by atoms with Gasteiger partial charge in [-0.1, -0.05) is 0 Å². The summed E-state index contributed by atoms with van der Waals surface area (Å²) in [6, 6.07) is 0. The lowest BCUT2D eigenvalue weighted by Crippen LogP contribution is -2.49. The Balaban J connectivity index is 0.00000162. The van der Waals surface area contributed by atoms with Crippen LogP contribution in [0.5, 0.6) is 0 Å². The molecule has 2 rings (SSSR count). The van der Waals surface area contributed by atoms with E-state index < -0.39 is 6.10 Å². The van der Waals surface area contributed by atoms with E-state index in [1.165, 1.54) is 0 Å². The molecule has 1 heterocycles. The molecule has 2 fully saturated rings. The van der Waals surface area contributed by atoms with Crippen LogP contribution in [0.25, 0.3) is 0 Å². The van der Waals surface area contributed by atoms with Crippen molar-refractivity contribution >= 4 is 24.2 Å². The topological polar surface area (TPSA) is 79.5 Å². The van der Waals surface area contributed by atoms with Crippen molar-refractivity contribution in [2.45, 2.75) is 18.9 Å². The van der Waals surface area contributed by atoms with Crippen molar-refractivity contribution in [3.63, 3.8) is 0 Å². The zero-order chi connectivity index (χ0) is 12.1. The summed E-state index contributed by atoms with van der Waals surface area (Å²) in [5.74, 6) is 0.212.